The number of ether oxygens (including phenoxy) is 2. The fraction of sp³-hybridized carbons (Fsp3) is 0.533. The van der Waals surface area contributed by atoms with Crippen LogP contribution in [0.3, 0.4) is 0 Å². The number of hydrogen-bond acceptors (Lipinski definition) is 5. The molecule has 1 aromatic rings. The van der Waals surface area contributed by atoms with E-state index in [-0.39, 0.29) is 30.5 Å². The second-order valence-corrected chi connectivity index (χ2v) is 5.17. The number of methoxy groups -OCH3 is 1. The molecule has 3 N–H and O–H groups in total. The quantitative estimate of drug-likeness (QED) is 0.716. The molecule has 0 saturated carbocycles. The third-order valence-corrected chi connectivity index (χ3v) is 3.39. The number of amides is 1. The Hall–Kier alpha value is -1.50. The van der Waals surface area contributed by atoms with Gasteiger partial charge in [-0.2, -0.15) is 0 Å². The van der Waals surface area contributed by atoms with Crippen LogP contribution < -0.4 is 20.1 Å². The number of aliphatic hydroxyl groups excluding tert-OH is 1. The van der Waals surface area contributed by atoms with Gasteiger partial charge in [0.2, 0.25) is 5.91 Å². The van der Waals surface area contributed by atoms with Gasteiger partial charge in [-0.15, -0.1) is 12.4 Å². The van der Waals surface area contributed by atoms with Gasteiger partial charge >= 0.3 is 0 Å². The minimum Gasteiger partial charge on any atom is -0.493 e. The maximum Gasteiger partial charge on any atom is 0.237 e. The standard InChI is InChI=1S/C15H22N2O4.ClH/c1-10(21-14-6-4-3-5-13(14)20-2)8-17-15(19)12-7-11(18)9-16-12;/h3-6,10-12,16,18H,7-9H2,1-2H3,(H,17,19);1H. The number of benzene rings is 1. The average Bonchev–Trinajstić information content (AvgIpc) is 2.92. The lowest BCUT2D eigenvalue weighted by Gasteiger charge is -2.18. The van der Waals surface area contributed by atoms with E-state index in [4.69, 9.17) is 9.47 Å². The maximum absolute atomic E-state index is 11.9. The van der Waals surface area contributed by atoms with Crippen LogP contribution in [0.4, 0.5) is 0 Å². The smallest absolute Gasteiger partial charge is 0.237 e. The van der Waals surface area contributed by atoms with Crippen molar-refractivity contribution in [2.24, 2.45) is 0 Å². The molecule has 1 heterocycles. The van der Waals surface area contributed by atoms with Crippen LogP contribution in [0.2, 0.25) is 0 Å². The largest absolute Gasteiger partial charge is 0.493 e. The number of β-amino-alcohol motifs (C(OH)–C–C–N with tert-alkyl or cyclic N) is 1. The normalized spacial score (nSPS) is 21.6. The molecular weight excluding hydrogens is 308 g/mol. The van der Waals surface area contributed by atoms with Crippen molar-refractivity contribution in [1.29, 1.82) is 0 Å². The minimum absolute atomic E-state index is 0. The monoisotopic (exact) mass is 330 g/mol. The summed E-state index contributed by atoms with van der Waals surface area (Å²) in [6, 6.07) is 7.07. The number of hydrogen-bond donors (Lipinski definition) is 3. The van der Waals surface area contributed by atoms with Crippen molar-refractivity contribution >= 4 is 18.3 Å². The van der Waals surface area contributed by atoms with Gasteiger partial charge in [0.05, 0.1) is 25.8 Å². The molecule has 0 spiro atoms. The Kier molecular flexibility index (Phi) is 7.44. The van der Waals surface area contributed by atoms with Gasteiger partial charge in [-0.25, -0.2) is 0 Å². The maximum atomic E-state index is 11.9. The van der Waals surface area contributed by atoms with E-state index in [2.05, 4.69) is 10.6 Å². The van der Waals surface area contributed by atoms with Crippen LogP contribution in [0.1, 0.15) is 13.3 Å². The molecule has 1 saturated heterocycles. The van der Waals surface area contributed by atoms with Crippen molar-refractivity contribution in [3.63, 3.8) is 0 Å². The van der Waals surface area contributed by atoms with Crippen LogP contribution >= 0.6 is 12.4 Å². The molecule has 2 rings (SSSR count). The van der Waals surface area contributed by atoms with Gasteiger partial charge in [-0.3, -0.25) is 4.79 Å². The molecule has 1 aromatic carbocycles. The predicted octanol–water partition coefficient (Wildman–Crippen LogP) is 0.723. The van der Waals surface area contributed by atoms with E-state index in [1.165, 1.54) is 0 Å². The van der Waals surface area contributed by atoms with Gasteiger partial charge in [0, 0.05) is 6.54 Å². The van der Waals surface area contributed by atoms with Crippen molar-refractivity contribution < 1.29 is 19.4 Å². The van der Waals surface area contributed by atoms with Crippen LogP contribution in [-0.4, -0.2) is 49.5 Å². The molecule has 124 valence electrons. The summed E-state index contributed by atoms with van der Waals surface area (Å²) >= 11 is 0. The molecule has 6 nitrogen and oxygen atoms in total. The zero-order chi connectivity index (χ0) is 15.2. The van der Waals surface area contributed by atoms with Gasteiger partial charge in [0.1, 0.15) is 6.10 Å². The second kappa shape index (κ2) is 8.82. The first-order valence-corrected chi connectivity index (χ1v) is 7.09. The summed E-state index contributed by atoms with van der Waals surface area (Å²) in [5.41, 5.74) is 0. The fourth-order valence-corrected chi connectivity index (χ4v) is 2.26. The summed E-state index contributed by atoms with van der Waals surface area (Å²) in [6.07, 6.45) is -0.173. The number of halogens is 1. The Morgan fingerprint density at radius 3 is 2.73 bits per heavy atom. The lowest BCUT2D eigenvalue weighted by Crippen LogP contribution is -2.43. The zero-order valence-corrected chi connectivity index (χ0v) is 13.6. The Bertz CT molecular complexity index is 486. The molecule has 0 bridgehead atoms. The van der Waals surface area contributed by atoms with Crippen LogP contribution in [0.5, 0.6) is 11.5 Å². The van der Waals surface area contributed by atoms with Gasteiger partial charge in [-0.05, 0) is 25.5 Å². The summed E-state index contributed by atoms with van der Waals surface area (Å²) in [5.74, 6) is 1.20. The number of carbonyl (C=O) groups is 1. The third-order valence-electron chi connectivity index (χ3n) is 3.39. The molecule has 0 radical (unpaired) electrons. The highest BCUT2D eigenvalue weighted by atomic mass is 35.5. The Labute approximate surface area is 136 Å². The Morgan fingerprint density at radius 2 is 2.14 bits per heavy atom. The summed E-state index contributed by atoms with van der Waals surface area (Å²) in [6.45, 7) is 2.74. The van der Waals surface area contributed by atoms with Gasteiger partial charge < -0.3 is 25.2 Å². The molecule has 7 heteroatoms. The summed E-state index contributed by atoms with van der Waals surface area (Å²) in [7, 11) is 1.59. The van der Waals surface area contributed by atoms with E-state index in [9.17, 15) is 9.90 Å². The van der Waals surface area contributed by atoms with Crippen LogP contribution in [0.15, 0.2) is 24.3 Å². The molecule has 1 fully saturated rings. The molecular formula is C15H23ClN2O4. The van der Waals surface area contributed by atoms with Crippen molar-refractivity contribution in [2.75, 3.05) is 20.2 Å². The molecule has 3 unspecified atom stereocenters. The predicted molar refractivity (Wildman–Crippen MR) is 85.8 cm³/mol. The van der Waals surface area contributed by atoms with Crippen LogP contribution in [0.25, 0.3) is 0 Å². The zero-order valence-electron chi connectivity index (χ0n) is 12.7. The van der Waals surface area contributed by atoms with E-state index in [1.54, 1.807) is 7.11 Å². The third kappa shape index (κ3) is 5.05. The fourth-order valence-electron chi connectivity index (χ4n) is 2.26. The first-order valence-electron chi connectivity index (χ1n) is 7.09. The summed E-state index contributed by atoms with van der Waals surface area (Å²) in [5, 5.41) is 15.2. The second-order valence-electron chi connectivity index (χ2n) is 5.17. The lowest BCUT2D eigenvalue weighted by molar-refractivity contribution is -0.123. The van der Waals surface area contributed by atoms with Crippen LogP contribution in [-0.2, 0) is 4.79 Å². The first kappa shape index (κ1) is 18.5. The lowest BCUT2D eigenvalue weighted by atomic mass is 10.2. The van der Waals surface area contributed by atoms with Crippen LogP contribution in [0, 0.1) is 0 Å². The number of para-hydroxylation sites is 2. The molecule has 3 atom stereocenters. The highest BCUT2D eigenvalue weighted by Crippen LogP contribution is 2.26. The highest BCUT2D eigenvalue weighted by Gasteiger charge is 2.28. The average molecular weight is 331 g/mol. The SMILES string of the molecule is COc1ccccc1OC(C)CNC(=O)C1CC(O)CN1.Cl. The summed E-state index contributed by atoms with van der Waals surface area (Å²) < 4.78 is 11.0. The van der Waals surface area contributed by atoms with E-state index in [0.29, 0.717) is 31.0 Å². The first-order chi connectivity index (χ1) is 10.1. The van der Waals surface area contributed by atoms with E-state index in [0.717, 1.165) is 0 Å². The minimum atomic E-state index is -0.442. The molecule has 1 amide bonds. The molecule has 0 aliphatic carbocycles. The van der Waals surface area contributed by atoms with E-state index in [1.807, 2.05) is 31.2 Å². The Balaban J connectivity index is 0.00000242. The van der Waals surface area contributed by atoms with E-state index < -0.39 is 6.10 Å². The number of nitrogens with one attached hydrogen (secondary N) is 2. The molecule has 22 heavy (non-hydrogen) atoms. The van der Waals surface area contributed by atoms with E-state index >= 15 is 0 Å². The van der Waals surface area contributed by atoms with Crippen molar-refractivity contribution in [3.8, 4) is 11.5 Å². The number of rotatable bonds is 6. The highest BCUT2D eigenvalue weighted by molar-refractivity contribution is 5.85. The van der Waals surface area contributed by atoms with Crippen molar-refractivity contribution in [2.45, 2.75) is 31.6 Å². The topological polar surface area (TPSA) is 79.8 Å². The molecule has 1 aliphatic rings. The Morgan fingerprint density at radius 1 is 1.45 bits per heavy atom. The van der Waals surface area contributed by atoms with Crippen molar-refractivity contribution in [1.82, 2.24) is 10.6 Å². The summed E-state index contributed by atoms with van der Waals surface area (Å²) in [4.78, 5) is 11.9. The van der Waals surface area contributed by atoms with Gasteiger partial charge in [0.25, 0.3) is 0 Å². The van der Waals surface area contributed by atoms with Gasteiger partial charge in [0.15, 0.2) is 11.5 Å². The molecule has 0 aromatic heterocycles. The van der Waals surface area contributed by atoms with Gasteiger partial charge in [-0.1, -0.05) is 12.1 Å². The van der Waals surface area contributed by atoms with Crippen molar-refractivity contribution in [3.05, 3.63) is 24.3 Å². The molecule has 1 aliphatic heterocycles. The number of aliphatic hydroxyl groups is 1. The number of carbonyl (C=O) groups excluding carboxylic acids is 1.